The molecule has 1 N–H and O–H groups in total. The zero-order valence-electron chi connectivity index (χ0n) is 8.86. The maximum absolute atomic E-state index is 5.04. The molecule has 0 amide bonds. The average molecular weight is 222 g/mol. The standard InChI is InChI=1S/C11H14N2OS/c1-3-12-8(2)10-6-13-11(15-10)9-4-5-14-7-9/h4-8,12H,3H2,1-2H3. The van der Waals surface area contributed by atoms with Crippen molar-refractivity contribution >= 4 is 11.3 Å². The number of thiazole rings is 1. The number of aromatic nitrogens is 1. The fraction of sp³-hybridized carbons (Fsp3) is 0.364. The van der Waals surface area contributed by atoms with Gasteiger partial charge >= 0.3 is 0 Å². The first kappa shape index (κ1) is 10.4. The number of nitrogens with zero attached hydrogens (tertiary/aromatic N) is 1. The summed E-state index contributed by atoms with van der Waals surface area (Å²) in [6.07, 6.45) is 5.32. The predicted molar refractivity (Wildman–Crippen MR) is 61.9 cm³/mol. The second-order valence-electron chi connectivity index (χ2n) is 3.36. The predicted octanol–water partition coefficient (Wildman–Crippen LogP) is 3.07. The van der Waals surface area contributed by atoms with E-state index in [0.29, 0.717) is 6.04 Å². The van der Waals surface area contributed by atoms with Crippen LogP contribution in [-0.4, -0.2) is 11.5 Å². The van der Waals surface area contributed by atoms with Crippen LogP contribution >= 0.6 is 11.3 Å². The monoisotopic (exact) mass is 222 g/mol. The number of hydrogen-bond acceptors (Lipinski definition) is 4. The van der Waals surface area contributed by atoms with Gasteiger partial charge in [-0.05, 0) is 19.5 Å². The summed E-state index contributed by atoms with van der Waals surface area (Å²) in [5.74, 6) is 0. The molecular formula is C11H14N2OS. The quantitative estimate of drug-likeness (QED) is 0.864. The second kappa shape index (κ2) is 4.59. The molecule has 0 radical (unpaired) electrons. The van der Waals surface area contributed by atoms with Crippen molar-refractivity contribution in [3.8, 4) is 10.6 Å². The van der Waals surface area contributed by atoms with Crippen molar-refractivity contribution in [2.75, 3.05) is 6.54 Å². The van der Waals surface area contributed by atoms with Gasteiger partial charge in [0.2, 0.25) is 0 Å². The summed E-state index contributed by atoms with van der Waals surface area (Å²) in [4.78, 5) is 5.64. The van der Waals surface area contributed by atoms with Crippen LogP contribution < -0.4 is 5.32 Å². The van der Waals surface area contributed by atoms with Crippen molar-refractivity contribution in [2.24, 2.45) is 0 Å². The van der Waals surface area contributed by atoms with Crippen LogP contribution in [0.5, 0.6) is 0 Å². The Morgan fingerprint density at radius 2 is 2.47 bits per heavy atom. The maximum atomic E-state index is 5.04. The van der Waals surface area contributed by atoms with E-state index in [0.717, 1.165) is 17.1 Å². The molecule has 2 heterocycles. The minimum atomic E-state index is 0.369. The van der Waals surface area contributed by atoms with Gasteiger partial charge in [-0.2, -0.15) is 0 Å². The lowest BCUT2D eigenvalue weighted by Gasteiger charge is -2.07. The summed E-state index contributed by atoms with van der Waals surface area (Å²) >= 11 is 1.71. The molecule has 4 heteroatoms. The van der Waals surface area contributed by atoms with Gasteiger partial charge in [-0.3, -0.25) is 0 Å². The maximum Gasteiger partial charge on any atom is 0.126 e. The molecule has 0 spiro atoms. The highest BCUT2D eigenvalue weighted by atomic mass is 32.1. The molecule has 15 heavy (non-hydrogen) atoms. The van der Waals surface area contributed by atoms with E-state index in [-0.39, 0.29) is 0 Å². The fourth-order valence-corrected chi connectivity index (χ4v) is 2.34. The first-order valence-electron chi connectivity index (χ1n) is 5.03. The van der Waals surface area contributed by atoms with Crippen molar-refractivity contribution < 1.29 is 4.42 Å². The zero-order valence-corrected chi connectivity index (χ0v) is 9.67. The van der Waals surface area contributed by atoms with Gasteiger partial charge in [-0.15, -0.1) is 11.3 Å². The lowest BCUT2D eigenvalue weighted by Crippen LogP contribution is -2.16. The van der Waals surface area contributed by atoms with Crippen LogP contribution in [-0.2, 0) is 0 Å². The minimum Gasteiger partial charge on any atom is -0.472 e. The van der Waals surface area contributed by atoms with E-state index in [1.807, 2.05) is 12.3 Å². The summed E-state index contributed by atoms with van der Waals surface area (Å²) in [7, 11) is 0. The van der Waals surface area contributed by atoms with Gasteiger partial charge in [0.05, 0.1) is 6.26 Å². The van der Waals surface area contributed by atoms with Gasteiger partial charge in [0, 0.05) is 22.7 Å². The first-order chi connectivity index (χ1) is 7.31. The minimum absolute atomic E-state index is 0.369. The van der Waals surface area contributed by atoms with Crippen LogP contribution in [0.4, 0.5) is 0 Å². The molecule has 0 aliphatic carbocycles. The van der Waals surface area contributed by atoms with Gasteiger partial charge in [-0.25, -0.2) is 4.98 Å². The number of rotatable bonds is 4. The molecule has 0 aromatic carbocycles. The summed E-state index contributed by atoms with van der Waals surface area (Å²) < 4.78 is 5.04. The Morgan fingerprint density at radius 1 is 1.60 bits per heavy atom. The molecule has 3 nitrogen and oxygen atoms in total. The fourth-order valence-electron chi connectivity index (χ4n) is 1.41. The van der Waals surface area contributed by atoms with Crippen LogP contribution in [0.3, 0.4) is 0 Å². The van der Waals surface area contributed by atoms with E-state index in [2.05, 4.69) is 24.1 Å². The summed E-state index contributed by atoms with van der Waals surface area (Å²) in [6, 6.07) is 2.30. The molecule has 1 unspecified atom stereocenters. The Hall–Kier alpha value is -1.13. The van der Waals surface area contributed by atoms with Crippen molar-refractivity contribution in [1.29, 1.82) is 0 Å². The molecule has 80 valence electrons. The smallest absolute Gasteiger partial charge is 0.126 e. The van der Waals surface area contributed by atoms with E-state index in [1.165, 1.54) is 4.88 Å². The largest absolute Gasteiger partial charge is 0.472 e. The molecule has 0 aliphatic rings. The topological polar surface area (TPSA) is 38.1 Å². The van der Waals surface area contributed by atoms with Gasteiger partial charge in [-0.1, -0.05) is 6.92 Å². The van der Waals surface area contributed by atoms with Gasteiger partial charge in [0.1, 0.15) is 11.3 Å². The summed E-state index contributed by atoms with van der Waals surface area (Å²) in [5, 5.41) is 4.38. The van der Waals surface area contributed by atoms with E-state index in [1.54, 1.807) is 23.9 Å². The molecule has 0 fully saturated rings. The van der Waals surface area contributed by atoms with Gasteiger partial charge in [0.15, 0.2) is 0 Å². The van der Waals surface area contributed by atoms with E-state index < -0.39 is 0 Å². The lowest BCUT2D eigenvalue weighted by molar-refractivity contribution is 0.568. The highest BCUT2D eigenvalue weighted by Crippen LogP contribution is 2.28. The van der Waals surface area contributed by atoms with Crippen LogP contribution in [0.15, 0.2) is 29.2 Å². The Labute approximate surface area is 93.2 Å². The summed E-state index contributed by atoms with van der Waals surface area (Å²) in [5.41, 5.74) is 1.05. The molecule has 1 atom stereocenters. The highest BCUT2D eigenvalue weighted by Gasteiger charge is 2.10. The molecule has 2 aromatic heterocycles. The van der Waals surface area contributed by atoms with E-state index >= 15 is 0 Å². The van der Waals surface area contributed by atoms with Crippen LogP contribution in [0, 0.1) is 0 Å². The number of nitrogens with one attached hydrogen (secondary N) is 1. The van der Waals surface area contributed by atoms with Crippen molar-refractivity contribution in [3.05, 3.63) is 29.7 Å². The highest BCUT2D eigenvalue weighted by molar-refractivity contribution is 7.15. The molecule has 0 saturated heterocycles. The number of furan rings is 1. The average Bonchev–Trinajstić information content (AvgIpc) is 2.89. The molecule has 0 aliphatic heterocycles. The lowest BCUT2D eigenvalue weighted by atomic mass is 10.3. The van der Waals surface area contributed by atoms with Crippen molar-refractivity contribution in [2.45, 2.75) is 19.9 Å². The van der Waals surface area contributed by atoms with Crippen LogP contribution in [0.2, 0.25) is 0 Å². The van der Waals surface area contributed by atoms with Crippen molar-refractivity contribution in [1.82, 2.24) is 10.3 Å². The first-order valence-corrected chi connectivity index (χ1v) is 5.84. The summed E-state index contributed by atoms with van der Waals surface area (Å²) in [6.45, 7) is 5.23. The van der Waals surface area contributed by atoms with Crippen molar-refractivity contribution in [3.63, 3.8) is 0 Å². The van der Waals surface area contributed by atoms with Gasteiger partial charge in [0.25, 0.3) is 0 Å². The van der Waals surface area contributed by atoms with Gasteiger partial charge < -0.3 is 9.73 Å². The molecule has 0 bridgehead atoms. The Balaban J connectivity index is 2.17. The molecule has 2 aromatic rings. The molecular weight excluding hydrogens is 208 g/mol. The molecule has 0 saturated carbocycles. The normalized spacial score (nSPS) is 12.9. The molecule has 2 rings (SSSR count). The third-order valence-corrected chi connectivity index (χ3v) is 3.46. The Kier molecular flexibility index (Phi) is 3.18. The Morgan fingerprint density at radius 3 is 3.13 bits per heavy atom. The second-order valence-corrected chi connectivity index (χ2v) is 4.42. The third-order valence-electron chi connectivity index (χ3n) is 2.23. The zero-order chi connectivity index (χ0) is 10.7. The van der Waals surface area contributed by atoms with Crippen LogP contribution in [0.1, 0.15) is 24.8 Å². The Bertz CT molecular complexity index is 408. The van der Waals surface area contributed by atoms with Crippen LogP contribution in [0.25, 0.3) is 10.6 Å². The SMILES string of the molecule is CCNC(C)c1cnc(-c2ccoc2)s1. The number of hydrogen-bond donors (Lipinski definition) is 1. The van der Waals surface area contributed by atoms with E-state index in [4.69, 9.17) is 4.42 Å². The third kappa shape index (κ3) is 2.27. The van der Waals surface area contributed by atoms with E-state index in [9.17, 15) is 0 Å².